The Hall–Kier alpha value is -1.40. The van der Waals surface area contributed by atoms with Gasteiger partial charge in [0.1, 0.15) is 0 Å². The highest BCUT2D eigenvalue weighted by atomic mass is 35.5. The van der Waals surface area contributed by atoms with Crippen molar-refractivity contribution >= 4 is 21.6 Å². The maximum atomic E-state index is 12.7. The first kappa shape index (κ1) is 17.4. The molecule has 0 spiro atoms. The number of nitrogens with one attached hydrogen (secondary N) is 2. The van der Waals surface area contributed by atoms with Crippen LogP contribution in [0.2, 0.25) is 5.02 Å². The van der Waals surface area contributed by atoms with Crippen LogP contribution in [0.3, 0.4) is 0 Å². The second-order valence-corrected chi connectivity index (χ2v) is 8.33. The van der Waals surface area contributed by atoms with Crippen LogP contribution >= 0.6 is 11.6 Å². The molecule has 0 aliphatic heterocycles. The Morgan fingerprint density at radius 3 is 2.50 bits per heavy atom. The lowest BCUT2D eigenvalue weighted by Crippen LogP contribution is -2.25. The fourth-order valence-corrected chi connectivity index (χ4v) is 4.20. The minimum Gasteiger partial charge on any atom is -0.310 e. The third-order valence-corrected chi connectivity index (χ3v) is 5.94. The van der Waals surface area contributed by atoms with E-state index in [4.69, 9.17) is 11.6 Å². The molecule has 24 heavy (non-hydrogen) atoms. The quantitative estimate of drug-likeness (QED) is 0.791. The molecule has 4 nitrogen and oxygen atoms in total. The Morgan fingerprint density at radius 2 is 1.83 bits per heavy atom. The molecular weight excluding hydrogens is 344 g/mol. The molecule has 0 unspecified atom stereocenters. The summed E-state index contributed by atoms with van der Waals surface area (Å²) in [5.41, 5.74) is 2.58. The molecule has 1 saturated carbocycles. The fourth-order valence-electron chi connectivity index (χ4n) is 2.56. The lowest BCUT2D eigenvalue weighted by Gasteiger charge is -2.14. The summed E-state index contributed by atoms with van der Waals surface area (Å²) < 4.78 is 28.0. The summed E-state index contributed by atoms with van der Waals surface area (Å²) in [6, 6.07) is 13.4. The van der Waals surface area contributed by atoms with E-state index >= 15 is 0 Å². The normalized spacial score (nSPS) is 14.8. The van der Waals surface area contributed by atoms with Crippen molar-refractivity contribution < 1.29 is 8.42 Å². The second-order valence-electron chi connectivity index (χ2n) is 6.15. The van der Waals surface area contributed by atoms with Crippen molar-refractivity contribution in [3.63, 3.8) is 0 Å². The summed E-state index contributed by atoms with van der Waals surface area (Å²) in [7, 11) is -3.62. The van der Waals surface area contributed by atoms with Gasteiger partial charge in [-0.05, 0) is 48.6 Å². The largest absolute Gasteiger partial charge is 0.310 e. The average Bonchev–Trinajstić information content (AvgIpc) is 3.39. The molecule has 2 aromatic carbocycles. The number of hydrogen-bond donors (Lipinski definition) is 2. The van der Waals surface area contributed by atoms with Gasteiger partial charge < -0.3 is 5.32 Å². The zero-order valence-electron chi connectivity index (χ0n) is 13.5. The van der Waals surface area contributed by atoms with Crippen molar-refractivity contribution in [2.75, 3.05) is 0 Å². The van der Waals surface area contributed by atoms with Crippen molar-refractivity contribution in [3.8, 4) is 0 Å². The summed E-state index contributed by atoms with van der Waals surface area (Å²) in [4.78, 5) is 0.249. The molecule has 128 valence electrons. The van der Waals surface area contributed by atoms with Crippen LogP contribution in [0.1, 0.15) is 29.5 Å². The minimum absolute atomic E-state index is 0.249. The molecule has 0 bridgehead atoms. The first-order valence-corrected chi connectivity index (χ1v) is 9.88. The Labute approximate surface area is 148 Å². The van der Waals surface area contributed by atoms with Crippen molar-refractivity contribution in [2.24, 2.45) is 0 Å². The Bertz CT molecular complexity index is 818. The van der Waals surface area contributed by atoms with Gasteiger partial charge in [-0.15, -0.1) is 0 Å². The first-order chi connectivity index (χ1) is 11.5. The van der Waals surface area contributed by atoms with E-state index in [9.17, 15) is 8.42 Å². The molecule has 0 saturated heterocycles. The highest BCUT2D eigenvalue weighted by Gasteiger charge is 2.23. The topological polar surface area (TPSA) is 58.2 Å². The van der Waals surface area contributed by atoms with E-state index in [0.29, 0.717) is 17.6 Å². The molecule has 0 heterocycles. The molecule has 1 aliphatic carbocycles. The fraction of sp³-hybridized carbons (Fsp3) is 0.333. The van der Waals surface area contributed by atoms with Gasteiger partial charge in [0.25, 0.3) is 0 Å². The average molecular weight is 365 g/mol. The number of benzene rings is 2. The predicted octanol–water partition coefficient (Wildman–Crippen LogP) is 3.38. The predicted molar refractivity (Wildman–Crippen MR) is 96.5 cm³/mol. The van der Waals surface area contributed by atoms with Crippen molar-refractivity contribution in [1.82, 2.24) is 10.0 Å². The third-order valence-electron chi connectivity index (χ3n) is 4.19. The number of rotatable bonds is 7. The van der Waals surface area contributed by atoms with E-state index in [1.807, 2.05) is 43.3 Å². The highest BCUT2D eigenvalue weighted by molar-refractivity contribution is 7.89. The molecule has 0 atom stereocenters. The van der Waals surface area contributed by atoms with Gasteiger partial charge in [0, 0.05) is 24.2 Å². The second kappa shape index (κ2) is 7.23. The van der Waals surface area contributed by atoms with Crippen LogP contribution < -0.4 is 10.0 Å². The molecule has 6 heteroatoms. The molecule has 0 radical (unpaired) electrons. The van der Waals surface area contributed by atoms with Crippen molar-refractivity contribution in [1.29, 1.82) is 0 Å². The number of sulfonamides is 1. The first-order valence-electron chi connectivity index (χ1n) is 8.02. The van der Waals surface area contributed by atoms with Gasteiger partial charge in [-0.3, -0.25) is 0 Å². The van der Waals surface area contributed by atoms with Gasteiger partial charge in [0.2, 0.25) is 10.0 Å². The summed E-state index contributed by atoms with van der Waals surface area (Å²) in [5, 5.41) is 3.84. The van der Waals surface area contributed by atoms with Crippen LogP contribution in [0.15, 0.2) is 47.4 Å². The monoisotopic (exact) mass is 364 g/mol. The Morgan fingerprint density at radius 1 is 1.12 bits per heavy atom. The van der Waals surface area contributed by atoms with E-state index < -0.39 is 10.0 Å². The van der Waals surface area contributed by atoms with Gasteiger partial charge in [0.05, 0.1) is 4.90 Å². The molecule has 1 fully saturated rings. The van der Waals surface area contributed by atoms with Gasteiger partial charge in [-0.25, -0.2) is 13.1 Å². The van der Waals surface area contributed by atoms with Crippen molar-refractivity contribution in [3.05, 3.63) is 64.2 Å². The Kier molecular flexibility index (Phi) is 5.25. The zero-order valence-corrected chi connectivity index (χ0v) is 15.1. The van der Waals surface area contributed by atoms with E-state index in [1.165, 1.54) is 18.9 Å². The summed E-state index contributed by atoms with van der Waals surface area (Å²) in [6.45, 7) is 2.72. The van der Waals surface area contributed by atoms with Crippen LogP contribution in [0.5, 0.6) is 0 Å². The van der Waals surface area contributed by atoms with Crippen LogP contribution in [-0.4, -0.2) is 14.5 Å². The van der Waals surface area contributed by atoms with Gasteiger partial charge in [0.15, 0.2) is 0 Å². The van der Waals surface area contributed by atoms with Crippen LogP contribution in [0.25, 0.3) is 0 Å². The number of halogens is 1. The highest BCUT2D eigenvalue weighted by Crippen LogP contribution is 2.26. The van der Waals surface area contributed by atoms with Crippen LogP contribution in [0, 0.1) is 6.92 Å². The smallest absolute Gasteiger partial charge is 0.241 e. The van der Waals surface area contributed by atoms with Crippen molar-refractivity contribution in [2.45, 2.75) is 43.8 Å². The summed E-state index contributed by atoms with van der Waals surface area (Å²) in [6.07, 6.45) is 2.37. The maximum Gasteiger partial charge on any atom is 0.241 e. The maximum absolute atomic E-state index is 12.7. The lowest BCUT2D eigenvalue weighted by molar-refractivity contribution is 0.580. The molecule has 2 N–H and O–H groups in total. The Balaban J connectivity index is 1.80. The van der Waals surface area contributed by atoms with Gasteiger partial charge in [-0.1, -0.05) is 41.9 Å². The van der Waals surface area contributed by atoms with Crippen LogP contribution in [0.4, 0.5) is 0 Å². The number of hydrogen-bond acceptors (Lipinski definition) is 3. The molecule has 0 amide bonds. The van der Waals surface area contributed by atoms with Gasteiger partial charge >= 0.3 is 0 Å². The summed E-state index contributed by atoms with van der Waals surface area (Å²) in [5.74, 6) is 0. The van der Waals surface area contributed by atoms with Crippen LogP contribution in [-0.2, 0) is 23.1 Å². The SMILES string of the molecule is Cc1c(CNC2CC2)cc(Cl)cc1S(=O)(=O)NCc1ccccc1. The van der Waals surface area contributed by atoms with Gasteiger partial charge in [-0.2, -0.15) is 0 Å². The summed E-state index contributed by atoms with van der Waals surface area (Å²) >= 11 is 6.16. The molecular formula is C18H21ClN2O2S. The zero-order chi connectivity index (χ0) is 17.2. The van der Waals surface area contributed by atoms with E-state index in [2.05, 4.69) is 10.0 Å². The molecule has 0 aromatic heterocycles. The lowest BCUT2D eigenvalue weighted by atomic mass is 10.1. The molecule has 1 aliphatic rings. The van der Waals surface area contributed by atoms with E-state index in [-0.39, 0.29) is 11.4 Å². The standard InChI is InChI=1S/C18H21ClN2O2S/c1-13-15(12-20-17-7-8-17)9-16(19)10-18(13)24(22,23)21-11-14-5-3-2-4-6-14/h2-6,9-10,17,20-21H,7-8,11-12H2,1H3. The molecule has 2 aromatic rings. The van der Waals surface area contributed by atoms with E-state index in [0.717, 1.165) is 16.7 Å². The van der Waals surface area contributed by atoms with E-state index in [1.54, 1.807) is 0 Å². The minimum atomic E-state index is -3.62. The molecule has 3 rings (SSSR count). The third kappa shape index (κ3) is 4.36.